The van der Waals surface area contributed by atoms with Crippen LogP contribution in [0.5, 0.6) is 23.0 Å². The zero-order chi connectivity index (χ0) is 28.2. The highest BCUT2D eigenvalue weighted by Crippen LogP contribution is 2.35. The molecule has 0 atom stereocenters. The molecule has 2 aromatic heterocycles. The van der Waals surface area contributed by atoms with Gasteiger partial charge in [-0.15, -0.1) is 0 Å². The molecule has 0 unspecified atom stereocenters. The molecular formula is C30H25N5O5. The molecule has 5 aromatic rings. The second-order valence-corrected chi connectivity index (χ2v) is 8.59. The van der Waals surface area contributed by atoms with Gasteiger partial charge in [0.15, 0.2) is 23.0 Å². The van der Waals surface area contributed by atoms with Crippen molar-refractivity contribution in [1.29, 1.82) is 5.26 Å². The highest BCUT2D eigenvalue weighted by Gasteiger charge is 2.17. The van der Waals surface area contributed by atoms with Crippen LogP contribution in [0.25, 0.3) is 33.7 Å². The lowest BCUT2D eigenvalue weighted by atomic mass is 10.1. The van der Waals surface area contributed by atoms with E-state index in [2.05, 4.69) is 15.3 Å². The zero-order valence-electron chi connectivity index (χ0n) is 22.3. The minimum Gasteiger partial charge on any atom is -0.493 e. The van der Waals surface area contributed by atoms with E-state index < -0.39 is 5.91 Å². The summed E-state index contributed by atoms with van der Waals surface area (Å²) in [5, 5.41) is 14.2. The third-order valence-corrected chi connectivity index (χ3v) is 6.40. The number of fused-ring (bicyclic) bond motifs is 2. The number of anilines is 1. The van der Waals surface area contributed by atoms with Gasteiger partial charge in [0.25, 0.3) is 5.91 Å². The number of hydrogen-bond acceptors (Lipinski definition) is 8. The van der Waals surface area contributed by atoms with Crippen molar-refractivity contribution >= 4 is 39.5 Å². The first-order valence-electron chi connectivity index (χ1n) is 12.1. The number of para-hydroxylation sites is 1. The Morgan fingerprint density at radius 3 is 2.30 bits per heavy atom. The van der Waals surface area contributed by atoms with Gasteiger partial charge in [-0.25, -0.2) is 9.97 Å². The molecule has 3 aromatic carbocycles. The van der Waals surface area contributed by atoms with Gasteiger partial charge in [0.05, 0.1) is 39.5 Å². The molecule has 40 heavy (non-hydrogen) atoms. The van der Waals surface area contributed by atoms with E-state index in [0.29, 0.717) is 45.6 Å². The summed E-state index contributed by atoms with van der Waals surface area (Å²) in [6.07, 6.45) is 4.87. The third-order valence-electron chi connectivity index (χ3n) is 6.40. The fourth-order valence-electron chi connectivity index (χ4n) is 4.47. The van der Waals surface area contributed by atoms with E-state index in [-0.39, 0.29) is 5.57 Å². The van der Waals surface area contributed by atoms with E-state index in [1.807, 2.05) is 47.2 Å². The molecule has 10 nitrogen and oxygen atoms in total. The first-order chi connectivity index (χ1) is 19.5. The highest BCUT2D eigenvalue weighted by atomic mass is 16.5. The Morgan fingerprint density at radius 2 is 1.57 bits per heavy atom. The number of methoxy groups -OCH3 is 4. The van der Waals surface area contributed by atoms with Crippen LogP contribution in [0.4, 0.5) is 5.69 Å². The zero-order valence-corrected chi connectivity index (χ0v) is 22.3. The SMILES string of the molecule is COc1ccc(NC(=O)C(C#N)=Cc2cn(-c3ncnc4cc(OC)c(OC)cc34)c3ccccc23)cc1OC. The number of rotatable bonds is 8. The summed E-state index contributed by atoms with van der Waals surface area (Å²) in [5.74, 6) is 2.13. The van der Waals surface area contributed by atoms with Gasteiger partial charge < -0.3 is 24.3 Å². The van der Waals surface area contributed by atoms with Crippen LogP contribution in [0.1, 0.15) is 5.56 Å². The van der Waals surface area contributed by atoms with Crippen LogP contribution in [0.15, 0.2) is 72.7 Å². The van der Waals surface area contributed by atoms with E-state index in [1.54, 1.807) is 44.6 Å². The molecule has 0 saturated heterocycles. The Bertz CT molecular complexity index is 1820. The molecule has 1 amide bonds. The normalized spacial score (nSPS) is 11.2. The Balaban J connectivity index is 1.58. The standard InChI is InChI=1S/C30H25N5O5/c1-37-25-10-9-20(12-26(25)38-2)34-30(36)18(15-31)11-19-16-35(24-8-6-5-7-21(19)24)29-22-13-27(39-3)28(40-4)14-23(22)32-17-33-29/h5-14,16-17H,1-4H3,(H,34,36). The molecule has 0 aliphatic heterocycles. The molecule has 0 bridgehead atoms. The molecule has 1 N–H and O–H groups in total. The lowest BCUT2D eigenvalue weighted by molar-refractivity contribution is -0.112. The molecule has 0 aliphatic carbocycles. The number of ether oxygens (including phenoxy) is 4. The van der Waals surface area contributed by atoms with Crippen LogP contribution in [-0.2, 0) is 4.79 Å². The molecule has 200 valence electrons. The molecule has 10 heteroatoms. The van der Waals surface area contributed by atoms with Crippen molar-refractivity contribution in [3.8, 4) is 34.9 Å². The number of nitrogens with zero attached hydrogens (tertiary/aromatic N) is 4. The van der Waals surface area contributed by atoms with Crippen molar-refractivity contribution in [2.75, 3.05) is 33.8 Å². The smallest absolute Gasteiger partial charge is 0.266 e. The van der Waals surface area contributed by atoms with Crippen molar-refractivity contribution in [3.63, 3.8) is 0 Å². The molecule has 0 aliphatic rings. The van der Waals surface area contributed by atoms with Crippen LogP contribution < -0.4 is 24.3 Å². The van der Waals surface area contributed by atoms with Crippen LogP contribution in [0, 0.1) is 11.3 Å². The van der Waals surface area contributed by atoms with Crippen molar-refractivity contribution in [2.24, 2.45) is 0 Å². The van der Waals surface area contributed by atoms with Gasteiger partial charge >= 0.3 is 0 Å². The Hall–Kier alpha value is -5.56. The summed E-state index contributed by atoms with van der Waals surface area (Å²) in [6, 6.07) is 18.3. The van der Waals surface area contributed by atoms with Gasteiger partial charge in [0.2, 0.25) is 0 Å². The molecule has 0 radical (unpaired) electrons. The number of carbonyl (C=O) groups excluding carboxylic acids is 1. The number of carbonyl (C=O) groups is 1. The van der Waals surface area contributed by atoms with Gasteiger partial charge in [0, 0.05) is 40.4 Å². The van der Waals surface area contributed by atoms with Gasteiger partial charge in [-0.1, -0.05) is 18.2 Å². The molecule has 0 fully saturated rings. The van der Waals surface area contributed by atoms with Gasteiger partial charge in [-0.2, -0.15) is 5.26 Å². The van der Waals surface area contributed by atoms with Crippen molar-refractivity contribution in [2.45, 2.75) is 0 Å². The monoisotopic (exact) mass is 535 g/mol. The minimum atomic E-state index is -0.559. The number of hydrogen-bond donors (Lipinski definition) is 1. The van der Waals surface area contributed by atoms with Gasteiger partial charge in [0.1, 0.15) is 23.8 Å². The van der Waals surface area contributed by atoms with Crippen molar-refractivity contribution in [1.82, 2.24) is 14.5 Å². The number of nitrogens with one attached hydrogen (secondary N) is 1. The summed E-state index contributed by atoms with van der Waals surface area (Å²) in [5.41, 5.74) is 2.56. The Morgan fingerprint density at radius 1 is 0.875 bits per heavy atom. The number of aromatic nitrogens is 3. The summed E-state index contributed by atoms with van der Waals surface area (Å²) in [4.78, 5) is 22.1. The van der Waals surface area contributed by atoms with E-state index >= 15 is 0 Å². The molecular weight excluding hydrogens is 510 g/mol. The summed E-state index contributed by atoms with van der Waals surface area (Å²) < 4.78 is 23.4. The van der Waals surface area contributed by atoms with Crippen molar-refractivity contribution in [3.05, 3.63) is 78.3 Å². The number of nitriles is 1. The predicted octanol–water partition coefficient (Wildman–Crippen LogP) is 5.15. The fraction of sp³-hybridized carbons (Fsp3) is 0.133. The van der Waals surface area contributed by atoms with Gasteiger partial charge in [-0.3, -0.25) is 9.36 Å². The average molecular weight is 536 g/mol. The largest absolute Gasteiger partial charge is 0.493 e. The maximum absolute atomic E-state index is 13.1. The quantitative estimate of drug-likeness (QED) is 0.214. The predicted molar refractivity (Wildman–Crippen MR) is 151 cm³/mol. The number of benzene rings is 3. The summed E-state index contributed by atoms with van der Waals surface area (Å²) in [7, 11) is 6.17. The highest BCUT2D eigenvalue weighted by molar-refractivity contribution is 6.11. The molecule has 0 spiro atoms. The molecule has 5 rings (SSSR count). The lowest BCUT2D eigenvalue weighted by Crippen LogP contribution is -2.13. The lowest BCUT2D eigenvalue weighted by Gasteiger charge is -2.12. The van der Waals surface area contributed by atoms with Crippen LogP contribution >= 0.6 is 0 Å². The minimum absolute atomic E-state index is 0.0726. The van der Waals surface area contributed by atoms with E-state index in [9.17, 15) is 10.1 Å². The van der Waals surface area contributed by atoms with Gasteiger partial charge in [-0.05, 0) is 30.3 Å². The van der Waals surface area contributed by atoms with E-state index in [4.69, 9.17) is 18.9 Å². The van der Waals surface area contributed by atoms with E-state index in [1.165, 1.54) is 20.5 Å². The maximum Gasteiger partial charge on any atom is 0.266 e. The van der Waals surface area contributed by atoms with Crippen LogP contribution in [0.3, 0.4) is 0 Å². The van der Waals surface area contributed by atoms with Crippen LogP contribution in [-0.4, -0.2) is 48.9 Å². The summed E-state index contributed by atoms with van der Waals surface area (Å²) in [6.45, 7) is 0. The molecule has 0 saturated carbocycles. The Labute approximate surface area is 230 Å². The average Bonchev–Trinajstić information content (AvgIpc) is 3.36. The van der Waals surface area contributed by atoms with E-state index in [0.717, 1.165) is 16.3 Å². The topological polar surface area (TPSA) is 121 Å². The molecule has 2 heterocycles. The van der Waals surface area contributed by atoms with Crippen molar-refractivity contribution < 1.29 is 23.7 Å². The Kier molecular flexibility index (Phi) is 7.20. The first-order valence-corrected chi connectivity index (χ1v) is 12.1. The summed E-state index contributed by atoms with van der Waals surface area (Å²) >= 11 is 0. The second kappa shape index (κ2) is 11.0. The number of amides is 1. The first kappa shape index (κ1) is 26.1. The fourth-order valence-corrected chi connectivity index (χ4v) is 4.47. The third kappa shape index (κ3) is 4.72. The second-order valence-electron chi connectivity index (χ2n) is 8.59. The van der Waals surface area contributed by atoms with Crippen LogP contribution in [0.2, 0.25) is 0 Å². The maximum atomic E-state index is 13.1.